The molecular formula is C13H11Cl2NOS. The highest BCUT2D eigenvalue weighted by atomic mass is 35.5. The number of halogens is 2. The van der Waals surface area contributed by atoms with Gasteiger partial charge in [0.2, 0.25) is 0 Å². The lowest BCUT2D eigenvalue weighted by atomic mass is 10.1. The highest BCUT2D eigenvalue weighted by Crippen LogP contribution is 2.22. The van der Waals surface area contributed by atoms with E-state index in [9.17, 15) is 4.79 Å². The molecule has 94 valence electrons. The van der Waals surface area contributed by atoms with Crippen LogP contribution >= 0.6 is 34.5 Å². The van der Waals surface area contributed by atoms with Gasteiger partial charge in [0.1, 0.15) is 5.78 Å². The monoisotopic (exact) mass is 299 g/mol. The van der Waals surface area contributed by atoms with Gasteiger partial charge in [-0.05, 0) is 24.6 Å². The molecule has 0 aliphatic carbocycles. The van der Waals surface area contributed by atoms with E-state index in [0.29, 0.717) is 22.9 Å². The molecule has 0 amide bonds. The van der Waals surface area contributed by atoms with Gasteiger partial charge in [0.05, 0.1) is 10.7 Å². The normalized spacial score (nSPS) is 10.6. The molecule has 1 heterocycles. The predicted octanol–water partition coefficient (Wildman–Crippen LogP) is 4.11. The average Bonchev–Trinajstić information content (AvgIpc) is 2.68. The molecule has 2 aromatic rings. The molecule has 18 heavy (non-hydrogen) atoms. The van der Waals surface area contributed by atoms with Crippen LogP contribution < -0.4 is 0 Å². The van der Waals surface area contributed by atoms with Crippen molar-refractivity contribution in [2.24, 2.45) is 0 Å². The van der Waals surface area contributed by atoms with Gasteiger partial charge in [-0.1, -0.05) is 29.3 Å². The highest BCUT2D eigenvalue weighted by Gasteiger charge is 2.10. The summed E-state index contributed by atoms with van der Waals surface area (Å²) >= 11 is 13.4. The van der Waals surface area contributed by atoms with Gasteiger partial charge in [-0.15, -0.1) is 11.3 Å². The quantitative estimate of drug-likeness (QED) is 0.850. The standard InChI is InChI=1S/C13H11Cl2NOS/c1-8-16-11(7-18-8)6-12(17)4-9-2-3-10(14)5-13(9)15/h2-3,5,7H,4,6H2,1H3. The minimum atomic E-state index is 0.101. The second-order valence-electron chi connectivity index (χ2n) is 3.99. The fourth-order valence-corrected chi connectivity index (χ4v) is 2.72. The van der Waals surface area contributed by atoms with Gasteiger partial charge in [-0.3, -0.25) is 4.79 Å². The number of hydrogen-bond acceptors (Lipinski definition) is 3. The first-order chi connectivity index (χ1) is 8.54. The number of rotatable bonds is 4. The van der Waals surface area contributed by atoms with Crippen LogP contribution in [0.3, 0.4) is 0 Å². The Labute approximate surface area is 120 Å². The minimum absolute atomic E-state index is 0.101. The summed E-state index contributed by atoms with van der Waals surface area (Å²) in [7, 11) is 0. The van der Waals surface area contributed by atoms with Gasteiger partial charge in [0.15, 0.2) is 0 Å². The lowest BCUT2D eigenvalue weighted by Gasteiger charge is -2.03. The highest BCUT2D eigenvalue weighted by molar-refractivity contribution is 7.09. The maximum atomic E-state index is 11.9. The number of Topliss-reactive ketones (excluding diaryl/α,β-unsaturated/α-hetero) is 1. The maximum absolute atomic E-state index is 11.9. The molecule has 0 saturated heterocycles. The summed E-state index contributed by atoms with van der Waals surface area (Å²) in [5.41, 5.74) is 1.63. The average molecular weight is 300 g/mol. The zero-order valence-electron chi connectivity index (χ0n) is 9.74. The molecule has 5 heteroatoms. The molecule has 0 unspecified atom stereocenters. The molecule has 0 atom stereocenters. The number of aryl methyl sites for hydroxylation is 1. The van der Waals surface area contributed by atoms with Gasteiger partial charge in [-0.25, -0.2) is 4.98 Å². The molecule has 2 nitrogen and oxygen atoms in total. The van der Waals surface area contributed by atoms with Gasteiger partial charge in [0.25, 0.3) is 0 Å². The number of carbonyl (C=O) groups excluding carboxylic acids is 1. The smallest absolute Gasteiger partial charge is 0.143 e. The Morgan fingerprint density at radius 2 is 2.11 bits per heavy atom. The van der Waals surface area contributed by atoms with Gasteiger partial charge < -0.3 is 0 Å². The van der Waals surface area contributed by atoms with E-state index in [-0.39, 0.29) is 5.78 Å². The molecule has 0 N–H and O–H groups in total. The zero-order chi connectivity index (χ0) is 13.1. The SMILES string of the molecule is Cc1nc(CC(=O)Cc2ccc(Cl)cc2Cl)cs1. The molecular weight excluding hydrogens is 289 g/mol. The molecule has 0 fully saturated rings. The Morgan fingerprint density at radius 1 is 1.33 bits per heavy atom. The number of ketones is 1. The third-order valence-corrected chi connectivity index (χ3v) is 3.86. The Bertz CT molecular complexity index is 580. The van der Waals surface area contributed by atoms with Crippen molar-refractivity contribution < 1.29 is 4.79 Å². The molecule has 0 aliphatic heterocycles. The maximum Gasteiger partial charge on any atom is 0.143 e. The number of thiazole rings is 1. The van der Waals surface area contributed by atoms with Crippen molar-refractivity contribution in [3.05, 3.63) is 49.9 Å². The molecule has 0 saturated carbocycles. The van der Waals surface area contributed by atoms with Gasteiger partial charge in [0, 0.05) is 28.3 Å². The van der Waals surface area contributed by atoms with Crippen molar-refractivity contribution in [1.29, 1.82) is 0 Å². The van der Waals surface area contributed by atoms with Crippen LogP contribution in [-0.4, -0.2) is 10.8 Å². The molecule has 0 radical (unpaired) electrons. The van der Waals surface area contributed by atoms with Crippen molar-refractivity contribution in [3.8, 4) is 0 Å². The zero-order valence-corrected chi connectivity index (χ0v) is 12.1. The summed E-state index contributed by atoms with van der Waals surface area (Å²) in [4.78, 5) is 16.2. The molecule has 0 aliphatic rings. The second-order valence-corrected chi connectivity index (χ2v) is 5.89. The van der Waals surface area contributed by atoms with Gasteiger partial charge in [-0.2, -0.15) is 0 Å². The first-order valence-corrected chi connectivity index (χ1v) is 7.05. The van der Waals surface area contributed by atoms with Crippen molar-refractivity contribution in [2.75, 3.05) is 0 Å². The fourth-order valence-electron chi connectivity index (χ4n) is 1.63. The number of benzene rings is 1. The van der Waals surface area contributed by atoms with Crippen molar-refractivity contribution in [2.45, 2.75) is 19.8 Å². The molecule has 2 rings (SSSR count). The van der Waals surface area contributed by atoms with Crippen molar-refractivity contribution in [3.63, 3.8) is 0 Å². The minimum Gasteiger partial charge on any atom is -0.299 e. The molecule has 1 aromatic carbocycles. The Kier molecular flexibility index (Phi) is 4.38. The van der Waals surface area contributed by atoms with Crippen LogP contribution in [0, 0.1) is 6.92 Å². The van der Waals surface area contributed by atoms with Crippen LogP contribution in [0.15, 0.2) is 23.6 Å². The van der Waals surface area contributed by atoms with Crippen molar-refractivity contribution in [1.82, 2.24) is 4.98 Å². The number of hydrogen-bond donors (Lipinski definition) is 0. The molecule has 0 bridgehead atoms. The van der Waals surface area contributed by atoms with Crippen LogP contribution in [0.25, 0.3) is 0 Å². The van der Waals surface area contributed by atoms with E-state index < -0.39 is 0 Å². The van der Waals surface area contributed by atoms with E-state index >= 15 is 0 Å². The van der Waals surface area contributed by atoms with Crippen LogP contribution in [0.1, 0.15) is 16.3 Å². The topological polar surface area (TPSA) is 30.0 Å². The summed E-state index contributed by atoms with van der Waals surface area (Å²) in [6.07, 6.45) is 0.663. The van der Waals surface area contributed by atoms with Crippen LogP contribution in [-0.2, 0) is 17.6 Å². The summed E-state index contributed by atoms with van der Waals surface area (Å²) < 4.78 is 0. The lowest BCUT2D eigenvalue weighted by Crippen LogP contribution is -2.07. The van der Waals surface area contributed by atoms with E-state index in [1.807, 2.05) is 12.3 Å². The first-order valence-electron chi connectivity index (χ1n) is 5.41. The lowest BCUT2D eigenvalue weighted by molar-refractivity contribution is -0.117. The summed E-state index contributed by atoms with van der Waals surface area (Å²) in [6, 6.07) is 5.18. The number of nitrogens with zero attached hydrogens (tertiary/aromatic N) is 1. The Balaban J connectivity index is 2.03. The van der Waals surface area contributed by atoms with E-state index in [1.165, 1.54) is 0 Å². The summed E-state index contributed by atoms with van der Waals surface area (Å²) in [5.74, 6) is 0.101. The van der Waals surface area contributed by atoms with E-state index in [2.05, 4.69) is 4.98 Å². The van der Waals surface area contributed by atoms with Crippen LogP contribution in [0.2, 0.25) is 10.0 Å². The third kappa shape index (κ3) is 3.55. The largest absolute Gasteiger partial charge is 0.299 e. The molecule has 1 aromatic heterocycles. The number of carbonyl (C=O) groups is 1. The summed E-state index contributed by atoms with van der Waals surface area (Å²) in [6.45, 7) is 1.93. The van der Waals surface area contributed by atoms with Crippen molar-refractivity contribution >= 4 is 40.3 Å². The van der Waals surface area contributed by atoms with Crippen LogP contribution in [0.4, 0.5) is 0 Å². The predicted molar refractivity (Wildman–Crippen MR) is 75.7 cm³/mol. The van der Waals surface area contributed by atoms with E-state index in [0.717, 1.165) is 16.3 Å². The second kappa shape index (κ2) is 5.83. The van der Waals surface area contributed by atoms with Crippen LogP contribution in [0.5, 0.6) is 0 Å². The van der Waals surface area contributed by atoms with E-state index in [1.54, 1.807) is 29.5 Å². The Morgan fingerprint density at radius 3 is 2.72 bits per heavy atom. The third-order valence-electron chi connectivity index (χ3n) is 2.45. The molecule has 0 spiro atoms. The first kappa shape index (κ1) is 13.5. The Hall–Kier alpha value is -0.900. The van der Waals surface area contributed by atoms with E-state index in [4.69, 9.17) is 23.2 Å². The number of aromatic nitrogens is 1. The summed E-state index contributed by atoms with van der Waals surface area (Å²) in [5, 5.41) is 4.00. The van der Waals surface area contributed by atoms with Gasteiger partial charge >= 0.3 is 0 Å². The fraction of sp³-hybridized carbons (Fsp3) is 0.231.